The van der Waals surface area contributed by atoms with Gasteiger partial charge in [0.1, 0.15) is 5.03 Å². The third kappa shape index (κ3) is 3.10. The van der Waals surface area contributed by atoms with Gasteiger partial charge in [-0.05, 0) is 22.4 Å². The van der Waals surface area contributed by atoms with Gasteiger partial charge in [0, 0.05) is 28.5 Å². The summed E-state index contributed by atoms with van der Waals surface area (Å²) in [7, 11) is 1.54. The molecule has 4 rings (SSSR count). The van der Waals surface area contributed by atoms with Gasteiger partial charge in [0.25, 0.3) is 5.56 Å². The second-order valence-corrected chi connectivity index (χ2v) is 7.72. The summed E-state index contributed by atoms with van der Waals surface area (Å²) in [6.45, 7) is 0. The first kappa shape index (κ1) is 19.1. The average molecular weight is 379 g/mol. The molecule has 1 aromatic carbocycles. The van der Waals surface area contributed by atoms with E-state index in [-0.39, 0.29) is 30.2 Å². The first-order valence-electron chi connectivity index (χ1n) is 7.71. The van der Waals surface area contributed by atoms with Gasteiger partial charge in [0.2, 0.25) is 0 Å². The van der Waals surface area contributed by atoms with Crippen LogP contribution in [0.25, 0.3) is 10.1 Å². The van der Waals surface area contributed by atoms with Crippen molar-refractivity contribution >= 4 is 39.2 Å². The molecule has 2 aromatic heterocycles. The van der Waals surface area contributed by atoms with Crippen LogP contribution in [0.1, 0.15) is 17.2 Å². The number of rotatable bonds is 4. The zero-order valence-electron chi connectivity index (χ0n) is 14.4. The van der Waals surface area contributed by atoms with Gasteiger partial charge in [-0.15, -0.1) is 23.1 Å². The predicted octanol–water partition coefficient (Wildman–Crippen LogP) is -0.937. The SMILES string of the molecule is COc1c(Cc2csc3ccccc23)cc(=O)n2c1SC[C@H]2C(=O)[O-].[Li+]. The zero-order valence-corrected chi connectivity index (χ0v) is 16.0. The molecule has 3 heterocycles. The molecule has 1 aliphatic heterocycles. The summed E-state index contributed by atoms with van der Waals surface area (Å²) >= 11 is 2.99. The van der Waals surface area contributed by atoms with Gasteiger partial charge >= 0.3 is 18.9 Å². The molecule has 5 nitrogen and oxygen atoms in total. The summed E-state index contributed by atoms with van der Waals surface area (Å²) in [4.78, 5) is 23.8. The second kappa shape index (κ2) is 7.53. The molecule has 0 fully saturated rings. The number of hydrogen-bond acceptors (Lipinski definition) is 6. The van der Waals surface area contributed by atoms with Crippen LogP contribution in [0, 0.1) is 0 Å². The summed E-state index contributed by atoms with van der Waals surface area (Å²) in [5.74, 6) is -0.394. The number of hydrogen-bond donors (Lipinski definition) is 0. The maximum absolute atomic E-state index is 12.5. The molecular weight excluding hydrogens is 365 g/mol. The quantitative estimate of drug-likeness (QED) is 0.548. The van der Waals surface area contributed by atoms with Gasteiger partial charge in [-0.3, -0.25) is 9.36 Å². The Morgan fingerprint density at radius 2 is 2.12 bits per heavy atom. The Kier molecular flexibility index (Phi) is 5.54. The predicted molar refractivity (Wildman–Crippen MR) is 96.7 cm³/mol. The largest absolute Gasteiger partial charge is 1.00 e. The van der Waals surface area contributed by atoms with Crippen molar-refractivity contribution in [1.82, 2.24) is 4.57 Å². The topological polar surface area (TPSA) is 71.4 Å². The summed E-state index contributed by atoms with van der Waals surface area (Å²) in [5.41, 5.74) is 1.57. The molecule has 1 aliphatic rings. The summed E-state index contributed by atoms with van der Waals surface area (Å²) in [6, 6.07) is 8.66. The number of aromatic nitrogens is 1. The van der Waals surface area contributed by atoms with Crippen molar-refractivity contribution in [2.45, 2.75) is 17.5 Å². The van der Waals surface area contributed by atoms with Gasteiger partial charge < -0.3 is 14.6 Å². The molecule has 0 radical (unpaired) electrons. The van der Waals surface area contributed by atoms with Crippen LogP contribution >= 0.6 is 23.1 Å². The Morgan fingerprint density at radius 3 is 2.85 bits per heavy atom. The summed E-state index contributed by atoms with van der Waals surface area (Å²) < 4.78 is 8.01. The van der Waals surface area contributed by atoms with E-state index in [9.17, 15) is 14.7 Å². The van der Waals surface area contributed by atoms with Gasteiger partial charge in [0.15, 0.2) is 5.75 Å². The number of thiophene rings is 1. The summed E-state index contributed by atoms with van der Waals surface area (Å²) in [6.07, 6.45) is 0.562. The number of ether oxygens (including phenoxy) is 1. The van der Waals surface area contributed by atoms with E-state index < -0.39 is 12.0 Å². The Bertz CT molecular complexity index is 1040. The number of carbonyl (C=O) groups is 1. The number of aliphatic carboxylic acids is 1. The molecule has 0 amide bonds. The number of pyridine rings is 1. The molecule has 0 unspecified atom stereocenters. The Balaban J connectivity index is 0.00000196. The van der Waals surface area contributed by atoms with Crippen molar-refractivity contribution in [1.29, 1.82) is 0 Å². The van der Waals surface area contributed by atoms with Crippen molar-refractivity contribution in [2.24, 2.45) is 0 Å². The fourth-order valence-electron chi connectivity index (χ4n) is 3.19. The van der Waals surface area contributed by atoms with Crippen LogP contribution in [0.15, 0.2) is 45.5 Å². The molecule has 0 aliphatic carbocycles. The van der Waals surface area contributed by atoms with Crippen molar-refractivity contribution in [3.8, 4) is 5.75 Å². The van der Waals surface area contributed by atoms with Crippen LogP contribution in [0.3, 0.4) is 0 Å². The molecule has 1 atom stereocenters. The third-order valence-corrected chi connectivity index (χ3v) is 6.50. The van der Waals surface area contributed by atoms with E-state index in [1.807, 2.05) is 12.1 Å². The number of fused-ring (bicyclic) bond motifs is 2. The fraction of sp³-hybridized carbons (Fsp3) is 0.222. The van der Waals surface area contributed by atoms with Crippen molar-refractivity contribution in [2.75, 3.05) is 12.9 Å². The van der Waals surface area contributed by atoms with Crippen molar-refractivity contribution < 1.29 is 33.5 Å². The number of nitrogens with zero attached hydrogens (tertiary/aromatic N) is 1. The number of thioether (sulfide) groups is 1. The standard InChI is InChI=1S/C18H15NO4S2.Li/c1-23-16-10(6-11-8-24-14-5-3-2-4-12(11)14)7-15(20)19-13(18(21)22)9-25-17(16)19;/h2-5,7-8,13H,6,9H2,1H3,(H,21,22);/q;+1/p-1/t13-;/m0./s1. The van der Waals surface area contributed by atoms with Crippen LogP contribution in [-0.4, -0.2) is 23.4 Å². The molecule has 0 bridgehead atoms. The fourth-order valence-corrected chi connectivity index (χ4v) is 5.46. The average Bonchev–Trinajstić information content (AvgIpc) is 3.21. The van der Waals surface area contributed by atoms with Gasteiger partial charge in [0.05, 0.1) is 19.1 Å². The van der Waals surface area contributed by atoms with E-state index in [1.165, 1.54) is 27.1 Å². The molecule has 0 saturated carbocycles. The first-order chi connectivity index (χ1) is 12.1. The van der Waals surface area contributed by atoms with Crippen molar-refractivity contribution in [3.05, 3.63) is 57.2 Å². The van der Waals surface area contributed by atoms with Crippen LogP contribution in [-0.2, 0) is 11.2 Å². The molecule has 128 valence electrons. The summed E-state index contributed by atoms with van der Waals surface area (Å²) in [5, 5.41) is 15.1. The Labute approximate surface area is 170 Å². The number of carboxylic acids is 1. The van der Waals surface area contributed by atoms with E-state index in [1.54, 1.807) is 18.4 Å². The van der Waals surface area contributed by atoms with Crippen LogP contribution < -0.4 is 34.3 Å². The van der Waals surface area contributed by atoms with Crippen molar-refractivity contribution in [3.63, 3.8) is 0 Å². The monoisotopic (exact) mass is 379 g/mol. The minimum atomic E-state index is -1.24. The number of carboxylic acid groups (broad SMARTS) is 1. The molecule has 3 aromatic rings. The number of carbonyl (C=O) groups excluding carboxylic acids is 1. The van der Waals surface area contributed by atoms with Crippen LogP contribution in [0.2, 0.25) is 0 Å². The molecule has 8 heteroatoms. The Hall–Kier alpha value is -1.65. The molecular formula is C18H14LiNO4S2. The molecule has 0 spiro atoms. The molecule has 0 saturated heterocycles. The molecule has 0 N–H and O–H groups in total. The van der Waals surface area contributed by atoms with E-state index in [4.69, 9.17) is 4.74 Å². The normalized spacial score (nSPS) is 15.5. The van der Waals surface area contributed by atoms with E-state index >= 15 is 0 Å². The van der Waals surface area contributed by atoms with E-state index in [2.05, 4.69) is 17.5 Å². The first-order valence-corrected chi connectivity index (χ1v) is 9.58. The Morgan fingerprint density at radius 1 is 1.35 bits per heavy atom. The minimum Gasteiger partial charge on any atom is -0.548 e. The third-order valence-electron chi connectivity index (χ3n) is 4.35. The minimum absolute atomic E-state index is 0. The van der Waals surface area contributed by atoms with E-state index in [0.29, 0.717) is 17.2 Å². The zero-order chi connectivity index (χ0) is 17.6. The smallest absolute Gasteiger partial charge is 0.548 e. The maximum Gasteiger partial charge on any atom is 1.00 e. The maximum atomic E-state index is 12.5. The van der Waals surface area contributed by atoms with Gasteiger partial charge in [-0.25, -0.2) is 0 Å². The van der Waals surface area contributed by atoms with Gasteiger partial charge in [-0.1, -0.05) is 18.2 Å². The number of methoxy groups -OCH3 is 1. The van der Waals surface area contributed by atoms with E-state index in [0.717, 1.165) is 16.5 Å². The van der Waals surface area contributed by atoms with Gasteiger partial charge in [-0.2, -0.15) is 0 Å². The number of benzene rings is 1. The second-order valence-electron chi connectivity index (χ2n) is 5.80. The van der Waals surface area contributed by atoms with Crippen LogP contribution in [0.5, 0.6) is 5.75 Å². The molecule has 26 heavy (non-hydrogen) atoms. The van der Waals surface area contributed by atoms with Crippen LogP contribution in [0.4, 0.5) is 0 Å².